The quantitative estimate of drug-likeness (QED) is 0.316. The Hall–Kier alpha value is -3.90. The van der Waals surface area contributed by atoms with Crippen LogP contribution in [0.3, 0.4) is 0 Å². The van der Waals surface area contributed by atoms with Crippen molar-refractivity contribution in [1.82, 2.24) is 24.7 Å². The molecule has 4 heterocycles. The summed E-state index contributed by atoms with van der Waals surface area (Å²) in [5, 5.41) is 6.80. The highest BCUT2D eigenvalue weighted by Crippen LogP contribution is 2.36. The number of piperazine rings is 1. The first-order valence-corrected chi connectivity index (χ1v) is 16.8. The van der Waals surface area contributed by atoms with Crippen molar-refractivity contribution < 1.29 is 14.3 Å². The molecule has 12 heteroatoms. The number of piperidine rings is 2. The third-order valence-corrected chi connectivity index (χ3v) is 9.23. The molecule has 1 aromatic heterocycles. The highest BCUT2D eigenvalue weighted by Gasteiger charge is 2.29. The van der Waals surface area contributed by atoms with Crippen molar-refractivity contribution in [3.8, 4) is 5.75 Å². The minimum atomic E-state index is -0.657. The molecule has 1 aromatic carbocycles. The summed E-state index contributed by atoms with van der Waals surface area (Å²) in [6, 6.07) is 6.66. The molecule has 0 unspecified atom stereocenters. The highest BCUT2D eigenvalue weighted by atomic mass is 16.5. The number of hydrogen-bond acceptors (Lipinski definition) is 10. The second-order valence-electron chi connectivity index (χ2n) is 12.9. The molecule has 2 aromatic rings. The molecule has 2 amide bonds. The first kappa shape index (κ1) is 33.5. The lowest BCUT2D eigenvalue weighted by molar-refractivity contribution is -0.127. The van der Waals surface area contributed by atoms with E-state index in [1.54, 1.807) is 4.90 Å². The molecule has 3 fully saturated rings. The smallest absolute Gasteiger partial charge is 0.271 e. The van der Waals surface area contributed by atoms with Gasteiger partial charge >= 0.3 is 0 Å². The van der Waals surface area contributed by atoms with E-state index in [-0.39, 0.29) is 29.6 Å². The van der Waals surface area contributed by atoms with E-state index in [1.807, 2.05) is 32.9 Å². The zero-order valence-electron chi connectivity index (χ0n) is 27.9. The second kappa shape index (κ2) is 15.1. The van der Waals surface area contributed by atoms with E-state index >= 15 is 0 Å². The van der Waals surface area contributed by atoms with E-state index in [0.29, 0.717) is 37.1 Å². The number of primary amides is 1. The summed E-state index contributed by atoms with van der Waals surface area (Å²) < 4.78 is 6.33. The third kappa shape index (κ3) is 8.08. The predicted octanol–water partition coefficient (Wildman–Crippen LogP) is 3.47. The van der Waals surface area contributed by atoms with Crippen molar-refractivity contribution in [2.75, 3.05) is 74.9 Å². The number of aryl methyl sites for hydroxylation is 1. The molecule has 0 saturated carbocycles. The lowest BCUT2D eigenvalue weighted by Crippen LogP contribution is -2.52. The Balaban J connectivity index is 1.35. The van der Waals surface area contributed by atoms with Crippen molar-refractivity contribution in [2.45, 2.75) is 71.1 Å². The molecule has 46 heavy (non-hydrogen) atoms. The van der Waals surface area contributed by atoms with Crippen LogP contribution in [0, 0.1) is 0 Å². The number of amides is 2. The van der Waals surface area contributed by atoms with Gasteiger partial charge in [0.2, 0.25) is 5.91 Å². The maximum absolute atomic E-state index is 12.5. The molecule has 4 N–H and O–H groups in total. The van der Waals surface area contributed by atoms with Gasteiger partial charge in [-0.25, -0.2) is 9.97 Å². The van der Waals surface area contributed by atoms with Crippen molar-refractivity contribution in [3.63, 3.8) is 0 Å². The average Bonchev–Trinajstić information content (AvgIpc) is 3.05. The van der Waals surface area contributed by atoms with Gasteiger partial charge in [-0.3, -0.25) is 14.5 Å². The number of hydrogen-bond donors (Lipinski definition) is 3. The second-order valence-corrected chi connectivity index (χ2v) is 12.9. The van der Waals surface area contributed by atoms with Crippen LogP contribution in [0.4, 0.5) is 23.0 Å². The molecule has 12 nitrogen and oxygen atoms in total. The van der Waals surface area contributed by atoms with E-state index < -0.39 is 5.91 Å². The normalized spacial score (nSPS) is 20.1. The summed E-state index contributed by atoms with van der Waals surface area (Å²) in [7, 11) is 2.20. The summed E-state index contributed by atoms with van der Waals surface area (Å²) in [5.41, 5.74) is 8.30. The third-order valence-electron chi connectivity index (χ3n) is 9.23. The maximum Gasteiger partial charge on any atom is 0.271 e. The highest BCUT2D eigenvalue weighted by molar-refractivity contribution is 5.96. The van der Waals surface area contributed by atoms with Gasteiger partial charge in [0.1, 0.15) is 5.75 Å². The minimum Gasteiger partial charge on any atom is -0.489 e. The molecule has 3 aliphatic rings. The van der Waals surface area contributed by atoms with Crippen LogP contribution in [-0.2, 0) is 11.2 Å². The average molecular weight is 634 g/mol. The number of nitrogens with one attached hydrogen (secondary N) is 2. The van der Waals surface area contributed by atoms with Crippen LogP contribution in [-0.4, -0.2) is 114 Å². The van der Waals surface area contributed by atoms with E-state index in [0.717, 1.165) is 82.1 Å². The molecule has 250 valence electrons. The predicted molar refractivity (Wildman–Crippen MR) is 183 cm³/mol. The number of nitrogens with two attached hydrogens (primary N) is 1. The van der Waals surface area contributed by atoms with E-state index in [4.69, 9.17) is 15.5 Å². The van der Waals surface area contributed by atoms with Gasteiger partial charge in [-0.05, 0) is 71.2 Å². The Morgan fingerprint density at radius 3 is 2.46 bits per heavy atom. The van der Waals surface area contributed by atoms with E-state index in [9.17, 15) is 9.59 Å². The Morgan fingerprint density at radius 1 is 1.07 bits per heavy atom. The van der Waals surface area contributed by atoms with Crippen molar-refractivity contribution in [1.29, 1.82) is 0 Å². The number of carbonyl (C=O) groups excluding carboxylic acids is 2. The largest absolute Gasteiger partial charge is 0.489 e. The van der Waals surface area contributed by atoms with Crippen LogP contribution in [0.25, 0.3) is 0 Å². The van der Waals surface area contributed by atoms with Gasteiger partial charge in [-0.1, -0.05) is 13.5 Å². The summed E-state index contributed by atoms with van der Waals surface area (Å²) in [6.07, 6.45) is 5.91. The van der Waals surface area contributed by atoms with E-state index in [2.05, 4.69) is 50.0 Å². The molecular weight excluding hydrogens is 582 g/mol. The summed E-state index contributed by atoms with van der Waals surface area (Å²) in [4.78, 5) is 43.5. The minimum absolute atomic E-state index is 0.00440. The number of carbonyl (C=O) groups is 2. The number of anilines is 4. The lowest BCUT2D eigenvalue weighted by Gasteiger charge is -2.42. The van der Waals surface area contributed by atoms with Gasteiger partial charge in [0, 0.05) is 76.2 Å². The maximum atomic E-state index is 12.5. The van der Waals surface area contributed by atoms with Crippen molar-refractivity contribution in [2.24, 2.45) is 5.73 Å². The zero-order valence-corrected chi connectivity index (χ0v) is 27.9. The Bertz CT molecular complexity index is 1380. The molecule has 0 spiro atoms. The first-order valence-electron chi connectivity index (χ1n) is 16.8. The number of ether oxygens (including phenoxy) is 1. The Morgan fingerprint density at radius 2 is 1.80 bits per heavy atom. The molecule has 1 atom stereocenters. The van der Waals surface area contributed by atoms with E-state index in [1.165, 1.54) is 6.08 Å². The van der Waals surface area contributed by atoms with Crippen LogP contribution in [0.15, 0.2) is 30.9 Å². The Kier molecular flexibility index (Phi) is 11.0. The Labute approximate surface area is 273 Å². The van der Waals surface area contributed by atoms with Crippen LogP contribution in [0.2, 0.25) is 0 Å². The summed E-state index contributed by atoms with van der Waals surface area (Å²) >= 11 is 0. The number of benzene rings is 1. The first-order chi connectivity index (χ1) is 22.1. The molecule has 3 saturated heterocycles. The zero-order chi connectivity index (χ0) is 32.8. The number of aromatic nitrogens is 2. The molecule has 0 radical (unpaired) electrons. The SMILES string of the molecule is C=CC(=O)N1CCC[C@@H](Nc2nc(Nc3ccc(N4CCC(N5CCN(C)CC5)CC4)c(OC(C)C)c3)c(C(N)=O)nc2CC)C1. The fraction of sp³-hybridized carbons (Fsp3) is 0.588. The number of rotatable bonds is 11. The van der Waals surface area contributed by atoms with Gasteiger partial charge in [-0.2, -0.15) is 0 Å². The standard InChI is InChI=1S/C34H51N9O3/c1-6-27-33(37-25-9-8-14-43(22-25)30(44)7-2)39-34(31(38-27)32(35)45)36-24-10-11-28(29(21-24)46-23(3)4)42-15-12-26(13-16-42)41-19-17-40(5)18-20-41/h7,10-11,21,23,25-26H,2,6,8-9,12-20,22H2,1,3-5H3,(H2,35,45)(H2,36,37,39)/t25-/m1/s1. The van der Waals surface area contributed by atoms with Gasteiger partial charge in [0.25, 0.3) is 5.91 Å². The molecule has 3 aliphatic heterocycles. The lowest BCUT2D eigenvalue weighted by atomic mass is 10.0. The van der Waals surface area contributed by atoms with Gasteiger partial charge < -0.3 is 35.8 Å². The van der Waals surface area contributed by atoms with Crippen molar-refractivity contribution >= 4 is 34.8 Å². The van der Waals surface area contributed by atoms with Crippen LogP contribution >= 0.6 is 0 Å². The fourth-order valence-corrected chi connectivity index (χ4v) is 6.71. The molecule has 5 rings (SSSR count). The van der Waals surface area contributed by atoms with Crippen LogP contribution in [0.1, 0.15) is 62.6 Å². The van der Waals surface area contributed by atoms with Crippen molar-refractivity contribution in [3.05, 3.63) is 42.2 Å². The summed E-state index contributed by atoms with van der Waals surface area (Å²) in [6.45, 7) is 17.4. The number of likely N-dealkylation sites (N-methyl/N-ethyl adjacent to an activating group) is 1. The molecular formula is C34H51N9O3. The summed E-state index contributed by atoms with van der Waals surface area (Å²) in [5.74, 6) is 0.895. The molecule has 0 bridgehead atoms. The number of likely N-dealkylation sites (tertiary alicyclic amines) is 1. The van der Waals surface area contributed by atoms with Gasteiger partial charge in [0.05, 0.1) is 17.5 Å². The van der Waals surface area contributed by atoms with Crippen LogP contribution < -0.4 is 26.0 Å². The van der Waals surface area contributed by atoms with Gasteiger partial charge in [-0.15, -0.1) is 0 Å². The monoisotopic (exact) mass is 633 g/mol. The molecule has 0 aliphatic carbocycles. The topological polar surface area (TPSA) is 132 Å². The fourth-order valence-electron chi connectivity index (χ4n) is 6.71. The van der Waals surface area contributed by atoms with Crippen LogP contribution in [0.5, 0.6) is 5.75 Å². The van der Waals surface area contributed by atoms with Gasteiger partial charge in [0.15, 0.2) is 17.3 Å². The number of nitrogens with zero attached hydrogens (tertiary/aromatic N) is 6.